The second-order valence-electron chi connectivity index (χ2n) is 5.11. The maximum atomic E-state index is 12.0. The molecule has 3 nitrogen and oxygen atoms in total. The van der Waals surface area contributed by atoms with Crippen LogP contribution in [-0.4, -0.2) is 31.0 Å². The molecule has 0 aromatic heterocycles. The van der Waals surface area contributed by atoms with Crippen LogP contribution in [0.1, 0.15) is 25.0 Å². The van der Waals surface area contributed by atoms with Crippen LogP contribution in [-0.2, 0) is 17.6 Å². The van der Waals surface area contributed by atoms with Crippen molar-refractivity contribution in [2.75, 3.05) is 20.2 Å². The summed E-state index contributed by atoms with van der Waals surface area (Å²) in [5.41, 5.74) is 2.66. The molecule has 1 aliphatic heterocycles. The minimum absolute atomic E-state index is 0.0840. The Kier molecular flexibility index (Phi) is 3.90. The molecule has 98 valence electrons. The topological polar surface area (TPSA) is 29.5 Å². The molecule has 0 aliphatic carbocycles. The van der Waals surface area contributed by atoms with Gasteiger partial charge in [0.05, 0.1) is 7.11 Å². The molecule has 1 aromatic rings. The van der Waals surface area contributed by atoms with E-state index < -0.39 is 0 Å². The number of ether oxygens (including phenoxy) is 1. The van der Waals surface area contributed by atoms with Crippen molar-refractivity contribution in [3.63, 3.8) is 0 Å². The fourth-order valence-corrected chi connectivity index (χ4v) is 2.41. The molecule has 3 heteroatoms. The highest BCUT2D eigenvalue weighted by Gasteiger charge is 2.20. The third-order valence-corrected chi connectivity index (χ3v) is 3.52. The van der Waals surface area contributed by atoms with Crippen molar-refractivity contribution in [1.29, 1.82) is 0 Å². The van der Waals surface area contributed by atoms with Crippen molar-refractivity contribution in [2.45, 2.75) is 26.7 Å². The predicted octanol–water partition coefficient (Wildman–Crippen LogP) is 2.28. The molecule has 0 radical (unpaired) electrons. The molecule has 1 aliphatic rings. The molecule has 0 saturated heterocycles. The molecule has 18 heavy (non-hydrogen) atoms. The fourth-order valence-electron chi connectivity index (χ4n) is 2.41. The summed E-state index contributed by atoms with van der Waals surface area (Å²) in [5, 5.41) is 0. The van der Waals surface area contributed by atoms with E-state index in [-0.39, 0.29) is 11.8 Å². The van der Waals surface area contributed by atoms with E-state index in [9.17, 15) is 4.79 Å². The van der Waals surface area contributed by atoms with Crippen LogP contribution < -0.4 is 4.74 Å². The molecule has 0 saturated carbocycles. The van der Waals surface area contributed by atoms with Crippen molar-refractivity contribution in [3.8, 4) is 5.75 Å². The molecular formula is C15H21NO2. The number of methoxy groups -OCH3 is 1. The van der Waals surface area contributed by atoms with Gasteiger partial charge in [-0.2, -0.15) is 0 Å². The number of carbonyl (C=O) groups excluding carboxylic acids is 1. The largest absolute Gasteiger partial charge is 0.497 e. The van der Waals surface area contributed by atoms with Crippen LogP contribution in [0, 0.1) is 5.92 Å². The Balaban J connectivity index is 2.14. The third kappa shape index (κ3) is 2.66. The number of carbonyl (C=O) groups is 1. The van der Waals surface area contributed by atoms with E-state index in [1.807, 2.05) is 24.8 Å². The van der Waals surface area contributed by atoms with Crippen LogP contribution in [0.15, 0.2) is 18.2 Å². The molecule has 1 aromatic carbocycles. The van der Waals surface area contributed by atoms with Gasteiger partial charge in [0.2, 0.25) is 5.91 Å². The molecule has 0 unspecified atom stereocenters. The van der Waals surface area contributed by atoms with Crippen LogP contribution in [0.2, 0.25) is 0 Å². The number of amides is 1. The van der Waals surface area contributed by atoms with Gasteiger partial charge in [0.1, 0.15) is 5.75 Å². The first-order valence-corrected chi connectivity index (χ1v) is 6.56. The Morgan fingerprint density at radius 1 is 1.22 bits per heavy atom. The maximum absolute atomic E-state index is 12.0. The summed E-state index contributed by atoms with van der Waals surface area (Å²) in [6.45, 7) is 5.57. The summed E-state index contributed by atoms with van der Waals surface area (Å²) < 4.78 is 5.25. The van der Waals surface area contributed by atoms with E-state index in [1.54, 1.807) is 7.11 Å². The van der Waals surface area contributed by atoms with Crippen LogP contribution in [0.5, 0.6) is 5.75 Å². The lowest BCUT2D eigenvalue weighted by Crippen LogP contribution is -2.36. The van der Waals surface area contributed by atoms with Crippen LogP contribution in [0.3, 0.4) is 0 Å². The number of benzene rings is 1. The molecule has 0 fully saturated rings. The van der Waals surface area contributed by atoms with Gasteiger partial charge in [0.25, 0.3) is 0 Å². The van der Waals surface area contributed by atoms with Crippen molar-refractivity contribution < 1.29 is 9.53 Å². The number of fused-ring (bicyclic) bond motifs is 1. The molecule has 0 N–H and O–H groups in total. The predicted molar refractivity (Wildman–Crippen MR) is 71.8 cm³/mol. The summed E-state index contributed by atoms with van der Waals surface area (Å²) in [6.07, 6.45) is 1.86. The zero-order chi connectivity index (χ0) is 13.1. The maximum Gasteiger partial charge on any atom is 0.225 e. The fraction of sp³-hybridized carbons (Fsp3) is 0.533. The second kappa shape index (κ2) is 5.42. The molecule has 0 spiro atoms. The molecular weight excluding hydrogens is 226 g/mol. The van der Waals surface area contributed by atoms with Crippen molar-refractivity contribution in [1.82, 2.24) is 4.90 Å². The van der Waals surface area contributed by atoms with E-state index in [0.717, 1.165) is 31.7 Å². The van der Waals surface area contributed by atoms with E-state index in [0.29, 0.717) is 0 Å². The summed E-state index contributed by atoms with van der Waals surface area (Å²) in [7, 11) is 1.69. The number of nitrogens with zero attached hydrogens (tertiary/aromatic N) is 1. The lowest BCUT2D eigenvalue weighted by Gasteiger charge is -2.22. The van der Waals surface area contributed by atoms with Crippen molar-refractivity contribution >= 4 is 5.91 Å². The zero-order valence-corrected chi connectivity index (χ0v) is 11.4. The second-order valence-corrected chi connectivity index (χ2v) is 5.11. The van der Waals surface area contributed by atoms with Gasteiger partial charge in [-0.25, -0.2) is 0 Å². The Hall–Kier alpha value is -1.51. The van der Waals surface area contributed by atoms with Gasteiger partial charge in [-0.05, 0) is 36.1 Å². The summed E-state index contributed by atoms with van der Waals surface area (Å²) in [4.78, 5) is 14.0. The lowest BCUT2D eigenvalue weighted by atomic mass is 10.0. The third-order valence-electron chi connectivity index (χ3n) is 3.52. The highest BCUT2D eigenvalue weighted by atomic mass is 16.5. The smallest absolute Gasteiger partial charge is 0.225 e. The Labute approximate surface area is 109 Å². The van der Waals surface area contributed by atoms with Crippen molar-refractivity contribution in [3.05, 3.63) is 29.3 Å². The molecule has 0 bridgehead atoms. The number of rotatable bonds is 2. The van der Waals surface area contributed by atoms with Gasteiger partial charge < -0.3 is 9.64 Å². The van der Waals surface area contributed by atoms with Gasteiger partial charge in [-0.15, -0.1) is 0 Å². The summed E-state index contributed by atoms with van der Waals surface area (Å²) in [6, 6.07) is 6.22. The summed E-state index contributed by atoms with van der Waals surface area (Å²) in [5.74, 6) is 1.24. The SMILES string of the molecule is COc1ccc2c(c1)CCN(C(=O)C(C)C)CC2. The van der Waals surface area contributed by atoms with Gasteiger partial charge >= 0.3 is 0 Å². The zero-order valence-electron chi connectivity index (χ0n) is 11.4. The first-order chi connectivity index (χ1) is 8.61. The number of hydrogen-bond acceptors (Lipinski definition) is 2. The van der Waals surface area contributed by atoms with Gasteiger partial charge in [0.15, 0.2) is 0 Å². The Bertz CT molecular complexity index is 440. The minimum atomic E-state index is 0.0840. The van der Waals surface area contributed by atoms with Gasteiger partial charge in [0, 0.05) is 19.0 Å². The standard InChI is InChI=1S/C15H21NO2/c1-11(2)15(17)16-8-6-12-4-5-14(18-3)10-13(12)7-9-16/h4-5,10-11H,6-9H2,1-3H3. The monoisotopic (exact) mass is 247 g/mol. The van der Waals surface area contributed by atoms with Crippen LogP contribution in [0.25, 0.3) is 0 Å². The first kappa shape index (κ1) is 12.9. The van der Waals surface area contributed by atoms with E-state index in [2.05, 4.69) is 12.1 Å². The molecule has 1 amide bonds. The molecule has 1 heterocycles. The average molecular weight is 247 g/mol. The quantitative estimate of drug-likeness (QED) is 0.802. The van der Waals surface area contributed by atoms with Crippen LogP contribution >= 0.6 is 0 Å². The molecule has 0 atom stereocenters. The minimum Gasteiger partial charge on any atom is -0.497 e. The Morgan fingerprint density at radius 2 is 1.89 bits per heavy atom. The lowest BCUT2D eigenvalue weighted by molar-refractivity contribution is -0.134. The first-order valence-electron chi connectivity index (χ1n) is 6.56. The van der Waals surface area contributed by atoms with E-state index in [4.69, 9.17) is 4.74 Å². The average Bonchev–Trinajstić information content (AvgIpc) is 2.59. The molecule has 2 rings (SSSR count). The van der Waals surface area contributed by atoms with Gasteiger partial charge in [-0.1, -0.05) is 19.9 Å². The Morgan fingerprint density at radius 3 is 2.50 bits per heavy atom. The van der Waals surface area contributed by atoms with E-state index >= 15 is 0 Å². The normalized spacial score (nSPS) is 15.2. The van der Waals surface area contributed by atoms with E-state index in [1.165, 1.54) is 11.1 Å². The summed E-state index contributed by atoms with van der Waals surface area (Å²) >= 11 is 0. The number of hydrogen-bond donors (Lipinski definition) is 0. The van der Waals surface area contributed by atoms with Crippen molar-refractivity contribution in [2.24, 2.45) is 5.92 Å². The van der Waals surface area contributed by atoms with Crippen LogP contribution in [0.4, 0.5) is 0 Å². The highest BCUT2D eigenvalue weighted by Crippen LogP contribution is 2.22. The van der Waals surface area contributed by atoms with Gasteiger partial charge in [-0.3, -0.25) is 4.79 Å². The highest BCUT2D eigenvalue weighted by molar-refractivity contribution is 5.78.